The van der Waals surface area contributed by atoms with Crippen molar-refractivity contribution in [3.63, 3.8) is 0 Å². The fourth-order valence-corrected chi connectivity index (χ4v) is 3.60. The molecule has 0 unspecified atom stereocenters. The fraction of sp³-hybridized carbons (Fsp3) is 0.154. The molecule has 1 heterocycles. The largest absolute Gasteiger partial charge is 0.347 e. The maximum Gasteiger partial charge on any atom is 0.270 e. The molecule has 0 saturated heterocycles. The van der Waals surface area contributed by atoms with Gasteiger partial charge >= 0.3 is 0 Å². The summed E-state index contributed by atoms with van der Waals surface area (Å²) >= 11 is 0. The highest BCUT2D eigenvalue weighted by atomic mass is 19.1. The minimum Gasteiger partial charge on any atom is -0.347 e. The normalized spacial score (nSPS) is 10.8. The Balaban J connectivity index is 1.81. The van der Waals surface area contributed by atoms with E-state index in [0.717, 1.165) is 11.1 Å². The van der Waals surface area contributed by atoms with E-state index in [4.69, 9.17) is 4.98 Å². The highest BCUT2D eigenvalue weighted by Crippen LogP contribution is 2.30. The second-order valence-electron chi connectivity index (χ2n) is 7.38. The lowest BCUT2D eigenvalue weighted by Crippen LogP contribution is -2.26. The van der Waals surface area contributed by atoms with Crippen LogP contribution < -0.4 is 5.32 Å². The van der Waals surface area contributed by atoms with Gasteiger partial charge in [0.05, 0.1) is 0 Å². The van der Waals surface area contributed by atoms with E-state index in [1.54, 1.807) is 13.0 Å². The summed E-state index contributed by atoms with van der Waals surface area (Å²) in [6.07, 6.45) is 0. The van der Waals surface area contributed by atoms with Crippen LogP contribution in [0.5, 0.6) is 0 Å². The summed E-state index contributed by atoms with van der Waals surface area (Å²) in [6, 6.07) is 24.4. The fourth-order valence-electron chi connectivity index (χ4n) is 3.60. The Kier molecular flexibility index (Phi) is 5.94. The van der Waals surface area contributed by atoms with E-state index in [2.05, 4.69) is 5.32 Å². The first-order chi connectivity index (χ1) is 15.1. The zero-order valence-electron chi connectivity index (χ0n) is 17.6. The molecule has 1 aromatic heterocycles. The van der Waals surface area contributed by atoms with Crippen LogP contribution in [0, 0.1) is 12.7 Å². The zero-order chi connectivity index (χ0) is 21.8. The predicted molar refractivity (Wildman–Crippen MR) is 121 cm³/mol. The molecule has 0 aliphatic heterocycles. The van der Waals surface area contributed by atoms with Gasteiger partial charge in [-0.1, -0.05) is 72.8 Å². The smallest absolute Gasteiger partial charge is 0.270 e. The molecule has 3 aromatic carbocycles. The van der Waals surface area contributed by atoms with Crippen LogP contribution in [0.2, 0.25) is 0 Å². The first kappa shape index (κ1) is 20.5. The SMILES string of the molecule is CCn1c(-c2ccccc2)nc(-c2ccc(C)c(F)c2)c1C(=O)NCc1ccccc1. The molecule has 31 heavy (non-hydrogen) atoms. The number of carbonyl (C=O) groups is 1. The van der Waals surface area contributed by atoms with Crippen LogP contribution >= 0.6 is 0 Å². The van der Waals surface area contributed by atoms with Gasteiger partial charge in [-0.3, -0.25) is 4.79 Å². The van der Waals surface area contributed by atoms with E-state index in [1.807, 2.05) is 78.2 Å². The molecule has 0 fully saturated rings. The second-order valence-corrected chi connectivity index (χ2v) is 7.38. The van der Waals surface area contributed by atoms with E-state index < -0.39 is 0 Å². The molecule has 0 atom stereocenters. The Morgan fingerprint density at radius 2 is 1.65 bits per heavy atom. The summed E-state index contributed by atoms with van der Waals surface area (Å²) in [5.41, 5.74) is 3.95. The first-order valence-corrected chi connectivity index (χ1v) is 10.3. The van der Waals surface area contributed by atoms with Crippen LogP contribution in [0.1, 0.15) is 28.5 Å². The molecule has 4 nitrogen and oxygen atoms in total. The minimum absolute atomic E-state index is 0.239. The molecule has 4 rings (SSSR count). The van der Waals surface area contributed by atoms with Crippen LogP contribution in [0.3, 0.4) is 0 Å². The van der Waals surface area contributed by atoms with E-state index in [1.165, 1.54) is 6.07 Å². The van der Waals surface area contributed by atoms with Gasteiger partial charge in [0.15, 0.2) is 0 Å². The van der Waals surface area contributed by atoms with Crippen molar-refractivity contribution in [1.29, 1.82) is 0 Å². The van der Waals surface area contributed by atoms with Gasteiger partial charge < -0.3 is 9.88 Å². The molecule has 1 amide bonds. The molecule has 0 aliphatic rings. The number of hydrogen-bond donors (Lipinski definition) is 1. The Hall–Kier alpha value is -3.73. The van der Waals surface area contributed by atoms with Crippen molar-refractivity contribution < 1.29 is 9.18 Å². The van der Waals surface area contributed by atoms with Gasteiger partial charge in [0.1, 0.15) is 23.0 Å². The van der Waals surface area contributed by atoms with E-state index in [9.17, 15) is 9.18 Å². The van der Waals surface area contributed by atoms with Gasteiger partial charge in [-0.05, 0) is 31.0 Å². The lowest BCUT2D eigenvalue weighted by Gasteiger charge is -2.11. The lowest BCUT2D eigenvalue weighted by molar-refractivity contribution is 0.0942. The standard InChI is InChI=1S/C26H24FN3O/c1-3-30-24(26(31)28-17-19-10-6-4-7-11-19)23(21-15-14-18(2)22(27)16-21)29-25(30)20-12-8-5-9-13-20/h4-16H,3,17H2,1-2H3,(H,28,31). The topological polar surface area (TPSA) is 46.9 Å². The van der Waals surface area contributed by atoms with Crippen molar-refractivity contribution >= 4 is 5.91 Å². The molecule has 0 radical (unpaired) electrons. The van der Waals surface area contributed by atoms with Crippen molar-refractivity contribution in [2.24, 2.45) is 0 Å². The number of rotatable bonds is 6. The van der Waals surface area contributed by atoms with Gasteiger partial charge in [0.25, 0.3) is 5.91 Å². The van der Waals surface area contributed by atoms with Crippen molar-refractivity contribution in [3.05, 3.63) is 102 Å². The average molecular weight is 413 g/mol. The maximum atomic E-state index is 14.3. The molecule has 4 aromatic rings. The van der Waals surface area contributed by atoms with Crippen LogP contribution in [-0.2, 0) is 13.1 Å². The van der Waals surface area contributed by atoms with E-state index in [-0.39, 0.29) is 11.7 Å². The predicted octanol–water partition coefficient (Wildman–Crippen LogP) is 5.61. The molecule has 156 valence electrons. The molecular weight excluding hydrogens is 389 g/mol. The third kappa shape index (κ3) is 4.26. The monoisotopic (exact) mass is 413 g/mol. The number of nitrogens with one attached hydrogen (secondary N) is 1. The number of nitrogens with zero attached hydrogens (tertiary/aromatic N) is 2. The Morgan fingerprint density at radius 3 is 2.29 bits per heavy atom. The average Bonchev–Trinajstić information content (AvgIpc) is 3.20. The van der Waals surface area contributed by atoms with Gasteiger partial charge in [-0.15, -0.1) is 0 Å². The highest BCUT2D eigenvalue weighted by Gasteiger charge is 2.24. The molecule has 1 N–H and O–H groups in total. The number of aromatic nitrogens is 2. The third-order valence-corrected chi connectivity index (χ3v) is 5.27. The van der Waals surface area contributed by atoms with Crippen LogP contribution in [0.25, 0.3) is 22.6 Å². The third-order valence-electron chi connectivity index (χ3n) is 5.27. The maximum absolute atomic E-state index is 14.3. The van der Waals surface area contributed by atoms with Gasteiger partial charge in [0.2, 0.25) is 0 Å². The van der Waals surface area contributed by atoms with Crippen LogP contribution in [0.15, 0.2) is 78.9 Å². The number of halogens is 1. The van der Waals surface area contributed by atoms with Crippen LogP contribution in [-0.4, -0.2) is 15.5 Å². The summed E-state index contributed by atoms with van der Waals surface area (Å²) < 4.78 is 16.2. The summed E-state index contributed by atoms with van der Waals surface area (Å²) in [4.78, 5) is 18.1. The zero-order valence-corrected chi connectivity index (χ0v) is 17.6. The van der Waals surface area contributed by atoms with Crippen molar-refractivity contribution in [3.8, 4) is 22.6 Å². The van der Waals surface area contributed by atoms with Crippen LogP contribution in [0.4, 0.5) is 4.39 Å². The number of aryl methyl sites for hydroxylation is 1. The summed E-state index contributed by atoms with van der Waals surface area (Å²) in [6.45, 7) is 4.64. The van der Waals surface area contributed by atoms with Crippen molar-refractivity contribution in [1.82, 2.24) is 14.9 Å². The summed E-state index contributed by atoms with van der Waals surface area (Å²) in [5.74, 6) is 0.126. The molecule has 0 aliphatic carbocycles. The van der Waals surface area contributed by atoms with Crippen molar-refractivity contribution in [2.75, 3.05) is 0 Å². The number of carbonyl (C=O) groups excluding carboxylic acids is 1. The Morgan fingerprint density at radius 1 is 0.968 bits per heavy atom. The molecule has 0 bridgehead atoms. The lowest BCUT2D eigenvalue weighted by atomic mass is 10.1. The van der Waals surface area contributed by atoms with Gasteiger partial charge in [-0.25, -0.2) is 9.37 Å². The molecule has 5 heteroatoms. The van der Waals surface area contributed by atoms with E-state index in [0.29, 0.717) is 41.4 Å². The summed E-state index contributed by atoms with van der Waals surface area (Å²) in [5, 5.41) is 3.00. The second kappa shape index (κ2) is 8.96. The summed E-state index contributed by atoms with van der Waals surface area (Å²) in [7, 11) is 0. The number of hydrogen-bond acceptors (Lipinski definition) is 2. The number of imidazole rings is 1. The number of amides is 1. The molecule has 0 saturated carbocycles. The van der Waals surface area contributed by atoms with Gasteiger partial charge in [-0.2, -0.15) is 0 Å². The Bertz CT molecular complexity index is 1200. The quantitative estimate of drug-likeness (QED) is 0.446. The molecular formula is C26H24FN3O. The minimum atomic E-state index is -0.319. The first-order valence-electron chi connectivity index (χ1n) is 10.3. The highest BCUT2D eigenvalue weighted by molar-refractivity contribution is 5.99. The Labute approximate surface area is 181 Å². The van der Waals surface area contributed by atoms with E-state index >= 15 is 0 Å². The number of benzene rings is 3. The van der Waals surface area contributed by atoms with Gasteiger partial charge in [0, 0.05) is 24.2 Å². The van der Waals surface area contributed by atoms with Crippen molar-refractivity contribution in [2.45, 2.75) is 26.9 Å². The molecule has 0 spiro atoms.